The summed E-state index contributed by atoms with van der Waals surface area (Å²) in [5, 5.41) is 11.9. The average molecular weight is 342 g/mol. The lowest BCUT2D eigenvalue weighted by molar-refractivity contribution is -0.142. The van der Waals surface area contributed by atoms with Crippen LogP contribution in [0.4, 0.5) is 0 Å². The number of carboxylic acids is 1. The molecule has 0 saturated heterocycles. The van der Waals surface area contributed by atoms with Gasteiger partial charge in [-0.2, -0.15) is 0 Å². The van der Waals surface area contributed by atoms with Gasteiger partial charge in [0.2, 0.25) is 5.88 Å². The highest BCUT2D eigenvalue weighted by molar-refractivity contribution is 5.94. The zero-order chi connectivity index (χ0) is 18.2. The highest BCUT2D eigenvalue weighted by atomic mass is 16.5. The molecule has 0 bridgehead atoms. The largest absolute Gasteiger partial charge is 0.481 e. The van der Waals surface area contributed by atoms with Gasteiger partial charge >= 0.3 is 5.97 Å². The van der Waals surface area contributed by atoms with Crippen LogP contribution in [0.15, 0.2) is 48.7 Å². The van der Waals surface area contributed by atoms with Gasteiger partial charge in [0.25, 0.3) is 5.91 Å². The van der Waals surface area contributed by atoms with Crippen LogP contribution in [-0.4, -0.2) is 28.5 Å². The Morgan fingerprint density at radius 2 is 1.88 bits per heavy atom. The molecule has 1 unspecified atom stereocenters. The van der Waals surface area contributed by atoms with Gasteiger partial charge in [0, 0.05) is 18.8 Å². The summed E-state index contributed by atoms with van der Waals surface area (Å²) in [6, 6.07) is 12.4. The topological polar surface area (TPSA) is 88.5 Å². The van der Waals surface area contributed by atoms with Crippen LogP contribution in [0.5, 0.6) is 11.6 Å². The van der Waals surface area contributed by atoms with Gasteiger partial charge in [-0.05, 0) is 30.5 Å². The predicted octanol–water partition coefficient (Wildman–Crippen LogP) is 3.35. The van der Waals surface area contributed by atoms with Gasteiger partial charge in [0.05, 0.1) is 11.5 Å². The van der Waals surface area contributed by atoms with Gasteiger partial charge in [0.15, 0.2) is 0 Å². The standard InChI is InChI=1S/C19H22N2O4/c1-13(2)10-15(19(23)24)12-21-18(22)14-8-9-17(20-11-14)25-16-6-4-3-5-7-16/h3-9,11,13,15H,10,12H2,1-2H3,(H,21,22)(H,23,24). The molecule has 0 aliphatic carbocycles. The van der Waals surface area contributed by atoms with Crippen LogP contribution < -0.4 is 10.1 Å². The Kier molecular flexibility index (Phi) is 6.51. The molecule has 1 aromatic heterocycles. The Labute approximate surface area is 146 Å². The first-order chi connectivity index (χ1) is 12.0. The van der Waals surface area contributed by atoms with E-state index in [0.717, 1.165) is 0 Å². The molecule has 1 aromatic carbocycles. The molecule has 1 heterocycles. The van der Waals surface area contributed by atoms with Crippen molar-refractivity contribution in [1.29, 1.82) is 0 Å². The van der Waals surface area contributed by atoms with Gasteiger partial charge in [0.1, 0.15) is 5.75 Å². The normalized spacial score (nSPS) is 11.8. The van der Waals surface area contributed by atoms with Crippen molar-refractivity contribution in [2.24, 2.45) is 11.8 Å². The second-order valence-corrected chi connectivity index (χ2v) is 6.17. The van der Waals surface area contributed by atoms with E-state index in [9.17, 15) is 14.7 Å². The summed E-state index contributed by atoms with van der Waals surface area (Å²) in [4.78, 5) is 27.5. The number of benzene rings is 1. The number of pyridine rings is 1. The van der Waals surface area contributed by atoms with E-state index in [2.05, 4.69) is 10.3 Å². The lowest BCUT2D eigenvalue weighted by atomic mass is 9.97. The predicted molar refractivity (Wildman–Crippen MR) is 93.7 cm³/mol. The SMILES string of the molecule is CC(C)CC(CNC(=O)c1ccc(Oc2ccccc2)nc1)C(=O)O. The molecule has 2 rings (SSSR count). The molecule has 0 radical (unpaired) electrons. The first kappa shape index (κ1) is 18.4. The molecular formula is C19H22N2O4. The van der Waals surface area contributed by atoms with Gasteiger partial charge in [-0.25, -0.2) is 4.98 Å². The maximum atomic E-state index is 12.1. The molecule has 0 aliphatic heterocycles. The number of hydrogen-bond donors (Lipinski definition) is 2. The second-order valence-electron chi connectivity index (χ2n) is 6.17. The van der Waals surface area contributed by atoms with Crippen molar-refractivity contribution in [2.45, 2.75) is 20.3 Å². The van der Waals surface area contributed by atoms with E-state index in [4.69, 9.17) is 4.74 Å². The van der Waals surface area contributed by atoms with E-state index in [1.165, 1.54) is 6.20 Å². The number of rotatable bonds is 8. The van der Waals surface area contributed by atoms with Crippen molar-refractivity contribution in [2.75, 3.05) is 6.54 Å². The lowest BCUT2D eigenvalue weighted by Gasteiger charge is -2.15. The number of carbonyl (C=O) groups is 2. The van der Waals surface area contributed by atoms with Crippen LogP contribution in [0.1, 0.15) is 30.6 Å². The minimum Gasteiger partial charge on any atom is -0.481 e. The average Bonchev–Trinajstić information content (AvgIpc) is 2.59. The van der Waals surface area contributed by atoms with Gasteiger partial charge in [-0.1, -0.05) is 32.0 Å². The molecule has 6 heteroatoms. The highest BCUT2D eigenvalue weighted by Gasteiger charge is 2.20. The molecule has 2 aromatic rings. The van der Waals surface area contributed by atoms with Crippen LogP contribution in [0, 0.1) is 11.8 Å². The number of ether oxygens (including phenoxy) is 1. The van der Waals surface area contributed by atoms with E-state index >= 15 is 0 Å². The molecule has 0 fully saturated rings. The van der Waals surface area contributed by atoms with Crippen LogP contribution in [0.2, 0.25) is 0 Å². The minimum atomic E-state index is -0.904. The number of carboxylic acid groups (broad SMARTS) is 1. The Morgan fingerprint density at radius 3 is 2.44 bits per heavy atom. The smallest absolute Gasteiger partial charge is 0.308 e. The van der Waals surface area contributed by atoms with Crippen molar-refractivity contribution in [3.63, 3.8) is 0 Å². The zero-order valence-electron chi connectivity index (χ0n) is 14.3. The Bertz CT molecular complexity index is 699. The van der Waals surface area contributed by atoms with Crippen LogP contribution in [0.25, 0.3) is 0 Å². The number of nitrogens with zero attached hydrogens (tertiary/aromatic N) is 1. The second kappa shape index (κ2) is 8.82. The molecular weight excluding hydrogens is 320 g/mol. The molecule has 0 aliphatic rings. The third kappa shape index (κ3) is 5.91. The molecule has 132 valence electrons. The number of amides is 1. The Morgan fingerprint density at radius 1 is 1.16 bits per heavy atom. The maximum Gasteiger partial charge on any atom is 0.308 e. The summed E-state index contributed by atoms with van der Waals surface area (Å²) in [5.74, 6) is -0.574. The fourth-order valence-corrected chi connectivity index (χ4v) is 2.34. The van der Waals surface area contributed by atoms with Crippen LogP contribution in [-0.2, 0) is 4.79 Å². The number of nitrogens with one attached hydrogen (secondary N) is 1. The van der Waals surface area contributed by atoms with Crippen LogP contribution in [0.3, 0.4) is 0 Å². The molecule has 6 nitrogen and oxygen atoms in total. The van der Waals surface area contributed by atoms with Crippen molar-refractivity contribution >= 4 is 11.9 Å². The van der Waals surface area contributed by atoms with E-state index in [1.54, 1.807) is 12.1 Å². The monoisotopic (exact) mass is 342 g/mol. The Hall–Kier alpha value is -2.89. The quantitative estimate of drug-likeness (QED) is 0.768. The number of hydrogen-bond acceptors (Lipinski definition) is 4. The van der Waals surface area contributed by atoms with Crippen molar-refractivity contribution in [3.05, 3.63) is 54.2 Å². The molecule has 0 saturated carbocycles. The zero-order valence-corrected chi connectivity index (χ0v) is 14.3. The third-order valence-electron chi connectivity index (χ3n) is 3.58. The molecule has 0 spiro atoms. The van der Waals surface area contributed by atoms with Crippen molar-refractivity contribution in [3.8, 4) is 11.6 Å². The van der Waals surface area contributed by atoms with E-state index < -0.39 is 11.9 Å². The van der Waals surface area contributed by atoms with Crippen molar-refractivity contribution in [1.82, 2.24) is 10.3 Å². The van der Waals surface area contributed by atoms with Crippen molar-refractivity contribution < 1.29 is 19.4 Å². The van der Waals surface area contributed by atoms with Gasteiger partial charge < -0.3 is 15.2 Å². The highest BCUT2D eigenvalue weighted by Crippen LogP contribution is 2.18. The fraction of sp³-hybridized carbons (Fsp3) is 0.316. The third-order valence-corrected chi connectivity index (χ3v) is 3.58. The summed E-state index contributed by atoms with van der Waals surface area (Å²) in [7, 11) is 0. The molecule has 25 heavy (non-hydrogen) atoms. The number of para-hydroxylation sites is 1. The fourth-order valence-electron chi connectivity index (χ4n) is 2.34. The van der Waals surface area contributed by atoms with Gasteiger partial charge in [-0.3, -0.25) is 9.59 Å². The van der Waals surface area contributed by atoms with E-state index in [1.807, 2.05) is 44.2 Å². The maximum absolute atomic E-state index is 12.1. The summed E-state index contributed by atoms with van der Waals surface area (Å²) < 4.78 is 5.57. The lowest BCUT2D eigenvalue weighted by Crippen LogP contribution is -2.33. The van der Waals surface area contributed by atoms with Crippen LogP contribution >= 0.6 is 0 Å². The summed E-state index contributed by atoms with van der Waals surface area (Å²) >= 11 is 0. The molecule has 2 N–H and O–H groups in total. The van der Waals surface area contributed by atoms with E-state index in [-0.39, 0.29) is 18.4 Å². The first-order valence-corrected chi connectivity index (χ1v) is 8.15. The first-order valence-electron chi connectivity index (χ1n) is 8.15. The Balaban J connectivity index is 1.92. The summed E-state index contributed by atoms with van der Waals surface area (Å²) in [5.41, 5.74) is 0.356. The van der Waals surface area contributed by atoms with E-state index in [0.29, 0.717) is 23.6 Å². The number of aliphatic carboxylic acids is 1. The summed E-state index contributed by atoms with van der Waals surface area (Å²) in [6.45, 7) is 3.99. The van der Waals surface area contributed by atoms with Gasteiger partial charge in [-0.15, -0.1) is 0 Å². The molecule has 1 atom stereocenters. The minimum absolute atomic E-state index is 0.0919. The molecule has 1 amide bonds. The number of aromatic nitrogens is 1. The number of carbonyl (C=O) groups excluding carboxylic acids is 1. The summed E-state index contributed by atoms with van der Waals surface area (Å²) in [6.07, 6.45) is 1.92.